The van der Waals surface area contributed by atoms with Gasteiger partial charge in [0.1, 0.15) is 6.61 Å². The van der Waals surface area contributed by atoms with E-state index in [1.807, 2.05) is 45.0 Å². The maximum absolute atomic E-state index is 12.5. The number of benzene rings is 3. The van der Waals surface area contributed by atoms with Crippen LogP contribution >= 0.6 is 11.8 Å². The molecule has 1 fully saturated rings. The van der Waals surface area contributed by atoms with Crippen molar-refractivity contribution in [3.63, 3.8) is 0 Å². The number of nitrogens with zero attached hydrogens (tertiary/aromatic N) is 2. The zero-order valence-corrected chi connectivity index (χ0v) is 20.9. The number of thioether (sulfide) groups is 1. The van der Waals surface area contributed by atoms with Crippen molar-refractivity contribution in [2.24, 2.45) is 4.99 Å². The number of nitro benzene ring substituents is 1. The Bertz CT molecular complexity index is 1350. The van der Waals surface area contributed by atoms with Crippen molar-refractivity contribution in [2.45, 2.75) is 27.4 Å². The van der Waals surface area contributed by atoms with Crippen molar-refractivity contribution in [1.29, 1.82) is 0 Å². The molecule has 4 rings (SSSR count). The van der Waals surface area contributed by atoms with Gasteiger partial charge in [-0.05, 0) is 97.3 Å². The predicted molar refractivity (Wildman–Crippen MR) is 142 cm³/mol. The van der Waals surface area contributed by atoms with Crippen molar-refractivity contribution < 1.29 is 19.2 Å². The topological polar surface area (TPSA) is 103 Å². The molecule has 1 aliphatic rings. The molecule has 3 aromatic carbocycles. The molecule has 8 nitrogen and oxygen atoms in total. The number of ether oxygens (including phenoxy) is 2. The summed E-state index contributed by atoms with van der Waals surface area (Å²) in [4.78, 5) is 28.0. The lowest BCUT2D eigenvalue weighted by molar-refractivity contribution is -0.384. The first-order valence-corrected chi connectivity index (χ1v) is 12.1. The van der Waals surface area contributed by atoms with E-state index < -0.39 is 4.92 Å². The zero-order valence-electron chi connectivity index (χ0n) is 20.1. The average molecular weight is 504 g/mol. The molecular formula is C27H25N3O5S. The van der Waals surface area contributed by atoms with Gasteiger partial charge in [0, 0.05) is 12.1 Å². The first-order chi connectivity index (χ1) is 17.3. The summed E-state index contributed by atoms with van der Waals surface area (Å²) in [6.07, 6.45) is 1.78. The van der Waals surface area contributed by atoms with Crippen LogP contribution in [0.1, 0.15) is 29.2 Å². The average Bonchev–Trinajstić information content (AvgIpc) is 3.16. The van der Waals surface area contributed by atoms with Gasteiger partial charge in [-0.15, -0.1) is 0 Å². The third kappa shape index (κ3) is 6.31. The Hall–Kier alpha value is -4.11. The fraction of sp³-hybridized carbons (Fsp3) is 0.185. The van der Waals surface area contributed by atoms with Crippen molar-refractivity contribution in [1.82, 2.24) is 5.32 Å². The summed E-state index contributed by atoms with van der Waals surface area (Å²) in [6, 6.07) is 17.7. The molecule has 0 saturated carbocycles. The lowest BCUT2D eigenvalue weighted by atomic mass is 10.1. The standard InChI is InChI=1S/C27H25N3O5S/c1-4-34-24-14-20(7-10-23(24)35-16-19-5-8-22(9-6-19)30(32)33)15-25-26(31)29-27(36-25)28-21-12-17(2)11-18(3)13-21/h5-15H,4,16H2,1-3H3,(H,28,29,31). The van der Waals surface area contributed by atoms with Gasteiger partial charge < -0.3 is 14.8 Å². The molecule has 0 bridgehead atoms. The van der Waals surface area contributed by atoms with Gasteiger partial charge in [-0.25, -0.2) is 4.99 Å². The largest absolute Gasteiger partial charge is 0.490 e. The van der Waals surface area contributed by atoms with Crippen LogP contribution in [-0.4, -0.2) is 22.6 Å². The molecule has 0 radical (unpaired) electrons. The molecule has 9 heteroatoms. The van der Waals surface area contributed by atoms with E-state index >= 15 is 0 Å². The SMILES string of the molecule is CCOc1cc(C=C2SC(=Nc3cc(C)cc(C)c3)NC2=O)ccc1OCc1ccc([N+](=O)[O-])cc1. The maximum Gasteiger partial charge on any atom is 0.269 e. The van der Waals surface area contributed by atoms with Gasteiger partial charge in [-0.2, -0.15) is 0 Å². The first-order valence-electron chi connectivity index (χ1n) is 11.3. The number of nitrogens with one attached hydrogen (secondary N) is 1. The lowest BCUT2D eigenvalue weighted by Gasteiger charge is -2.13. The van der Waals surface area contributed by atoms with Crippen LogP contribution in [0.2, 0.25) is 0 Å². The van der Waals surface area contributed by atoms with Gasteiger partial charge >= 0.3 is 0 Å². The summed E-state index contributed by atoms with van der Waals surface area (Å²) in [5, 5.41) is 14.2. The number of nitro groups is 1. The number of amidine groups is 1. The Morgan fingerprint density at radius 2 is 1.72 bits per heavy atom. The van der Waals surface area contributed by atoms with E-state index in [0.717, 1.165) is 27.9 Å². The predicted octanol–water partition coefficient (Wildman–Crippen LogP) is 6.08. The van der Waals surface area contributed by atoms with Crippen LogP contribution in [0.5, 0.6) is 11.5 Å². The number of carbonyl (C=O) groups is 1. The minimum atomic E-state index is -0.438. The van der Waals surface area contributed by atoms with Crippen LogP contribution in [0.3, 0.4) is 0 Å². The fourth-order valence-electron chi connectivity index (χ4n) is 3.64. The number of carbonyl (C=O) groups excluding carboxylic acids is 1. The molecule has 0 aliphatic carbocycles. The molecule has 0 aromatic heterocycles. The Balaban J connectivity index is 1.49. The molecular weight excluding hydrogens is 478 g/mol. The molecule has 0 spiro atoms. The van der Waals surface area contributed by atoms with Crippen molar-refractivity contribution in [3.05, 3.63) is 97.9 Å². The van der Waals surface area contributed by atoms with E-state index in [2.05, 4.69) is 16.4 Å². The minimum Gasteiger partial charge on any atom is -0.490 e. The van der Waals surface area contributed by atoms with Crippen LogP contribution < -0.4 is 14.8 Å². The second kappa shape index (κ2) is 11.1. The lowest BCUT2D eigenvalue weighted by Crippen LogP contribution is -2.19. The molecule has 184 valence electrons. The van der Waals surface area contributed by atoms with Crippen LogP contribution in [-0.2, 0) is 11.4 Å². The van der Waals surface area contributed by atoms with Crippen LogP contribution in [0.4, 0.5) is 11.4 Å². The van der Waals surface area contributed by atoms with Crippen LogP contribution in [0, 0.1) is 24.0 Å². The smallest absolute Gasteiger partial charge is 0.269 e. The molecule has 1 aliphatic heterocycles. The monoisotopic (exact) mass is 503 g/mol. The zero-order chi connectivity index (χ0) is 25.7. The van der Waals surface area contributed by atoms with Gasteiger partial charge in [0.25, 0.3) is 11.6 Å². The highest BCUT2D eigenvalue weighted by molar-refractivity contribution is 8.18. The molecule has 1 saturated heterocycles. The van der Waals surface area contributed by atoms with E-state index in [-0.39, 0.29) is 18.2 Å². The van der Waals surface area contributed by atoms with Crippen LogP contribution in [0.25, 0.3) is 6.08 Å². The number of aryl methyl sites for hydroxylation is 2. The van der Waals surface area contributed by atoms with Gasteiger partial charge in [0.05, 0.1) is 22.1 Å². The number of aliphatic imine (C=N–C) groups is 1. The van der Waals surface area contributed by atoms with E-state index in [9.17, 15) is 14.9 Å². The third-order valence-corrected chi connectivity index (χ3v) is 6.10. The summed E-state index contributed by atoms with van der Waals surface area (Å²) >= 11 is 1.28. The Morgan fingerprint density at radius 3 is 2.39 bits per heavy atom. The molecule has 1 amide bonds. The highest BCUT2D eigenvalue weighted by Crippen LogP contribution is 2.33. The fourth-order valence-corrected chi connectivity index (χ4v) is 4.48. The van der Waals surface area contributed by atoms with Crippen molar-refractivity contribution in [2.75, 3.05) is 6.61 Å². The van der Waals surface area contributed by atoms with Gasteiger partial charge in [0.15, 0.2) is 16.7 Å². The van der Waals surface area contributed by atoms with Crippen molar-refractivity contribution >= 4 is 40.3 Å². The van der Waals surface area contributed by atoms with Gasteiger partial charge in [0.2, 0.25) is 0 Å². The molecule has 36 heavy (non-hydrogen) atoms. The minimum absolute atomic E-state index is 0.0298. The number of hydrogen-bond donors (Lipinski definition) is 1. The molecule has 1 heterocycles. The molecule has 3 aromatic rings. The quantitative estimate of drug-likeness (QED) is 0.227. The third-order valence-electron chi connectivity index (χ3n) is 5.19. The highest BCUT2D eigenvalue weighted by atomic mass is 32.2. The Labute approximate surface area is 213 Å². The van der Waals surface area contributed by atoms with Crippen LogP contribution in [0.15, 0.2) is 70.6 Å². The summed E-state index contributed by atoms with van der Waals surface area (Å²) in [6.45, 7) is 6.57. The number of amides is 1. The van der Waals surface area contributed by atoms with E-state index in [4.69, 9.17) is 9.47 Å². The van der Waals surface area contributed by atoms with E-state index in [1.54, 1.807) is 24.3 Å². The second-order valence-corrected chi connectivity index (χ2v) is 9.21. The summed E-state index contributed by atoms with van der Waals surface area (Å²) in [7, 11) is 0. The summed E-state index contributed by atoms with van der Waals surface area (Å²) < 4.78 is 11.7. The van der Waals surface area contributed by atoms with E-state index in [1.165, 1.54) is 23.9 Å². The highest BCUT2D eigenvalue weighted by Gasteiger charge is 2.24. The molecule has 1 N–H and O–H groups in total. The second-order valence-electron chi connectivity index (χ2n) is 8.18. The number of rotatable bonds is 8. The molecule has 0 unspecified atom stereocenters. The maximum atomic E-state index is 12.5. The molecule has 0 atom stereocenters. The van der Waals surface area contributed by atoms with Gasteiger partial charge in [-0.3, -0.25) is 14.9 Å². The van der Waals surface area contributed by atoms with Gasteiger partial charge in [-0.1, -0.05) is 12.1 Å². The number of non-ortho nitro benzene ring substituents is 1. The Morgan fingerprint density at radius 1 is 1.00 bits per heavy atom. The van der Waals surface area contributed by atoms with E-state index in [0.29, 0.717) is 28.2 Å². The number of hydrogen-bond acceptors (Lipinski definition) is 7. The first kappa shape index (κ1) is 25.0. The summed E-state index contributed by atoms with van der Waals surface area (Å²) in [5.41, 5.74) is 4.62. The Kier molecular flexibility index (Phi) is 7.70. The normalized spacial score (nSPS) is 15.2. The summed E-state index contributed by atoms with van der Waals surface area (Å²) in [5.74, 6) is 0.874. The van der Waals surface area contributed by atoms with Crippen molar-refractivity contribution in [3.8, 4) is 11.5 Å².